The molecular formula is C25H38N2O5Si. The van der Waals surface area contributed by atoms with E-state index >= 15 is 0 Å². The molecule has 3 rings (SSSR count). The SMILES string of the molecule is CC[C@H]1O[C@@H](c2cc(C(=O)OC)nn2COCC[Si](C)(C)C)[C@H](OCc2ccccc2)[C@@H]1C. The molecule has 0 radical (unpaired) electrons. The van der Waals surface area contributed by atoms with Gasteiger partial charge in [-0.05, 0) is 24.1 Å². The van der Waals surface area contributed by atoms with Crippen LogP contribution in [0.25, 0.3) is 0 Å². The number of esters is 1. The van der Waals surface area contributed by atoms with E-state index in [4.69, 9.17) is 18.9 Å². The van der Waals surface area contributed by atoms with E-state index in [1.807, 2.05) is 18.2 Å². The molecule has 1 aliphatic heterocycles. The Morgan fingerprint density at radius 1 is 1.21 bits per heavy atom. The van der Waals surface area contributed by atoms with Crippen LogP contribution in [0, 0.1) is 5.92 Å². The Morgan fingerprint density at radius 3 is 2.58 bits per heavy atom. The lowest BCUT2D eigenvalue weighted by Gasteiger charge is -2.23. The van der Waals surface area contributed by atoms with Crippen LogP contribution in [-0.4, -0.2) is 49.7 Å². The normalized spacial score (nSPS) is 23.1. The number of carbonyl (C=O) groups excluding carboxylic acids is 1. The van der Waals surface area contributed by atoms with Crippen LogP contribution < -0.4 is 0 Å². The molecule has 2 heterocycles. The number of benzene rings is 1. The number of carbonyl (C=O) groups is 1. The molecule has 0 unspecified atom stereocenters. The fourth-order valence-electron chi connectivity index (χ4n) is 4.09. The van der Waals surface area contributed by atoms with Crippen molar-refractivity contribution in [2.45, 2.75) is 77.6 Å². The average molecular weight is 475 g/mol. The molecule has 0 bridgehead atoms. The molecule has 1 aromatic heterocycles. The van der Waals surface area contributed by atoms with Crippen molar-refractivity contribution in [2.24, 2.45) is 5.92 Å². The summed E-state index contributed by atoms with van der Waals surface area (Å²) >= 11 is 0. The summed E-state index contributed by atoms with van der Waals surface area (Å²) in [5.74, 6) is -0.279. The molecule has 0 N–H and O–H groups in total. The van der Waals surface area contributed by atoms with Gasteiger partial charge in [0, 0.05) is 20.6 Å². The minimum Gasteiger partial charge on any atom is -0.464 e. The van der Waals surface area contributed by atoms with Gasteiger partial charge in [0.1, 0.15) is 12.8 Å². The second-order valence-corrected chi connectivity index (χ2v) is 15.5. The smallest absolute Gasteiger partial charge is 0.358 e. The van der Waals surface area contributed by atoms with Crippen LogP contribution in [0.1, 0.15) is 48.1 Å². The van der Waals surface area contributed by atoms with Crippen molar-refractivity contribution in [2.75, 3.05) is 13.7 Å². The van der Waals surface area contributed by atoms with Crippen molar-refractivity contribution in [3.8, 4) is 0 Å². The maximum absolute atomic E-state index is 12.2. The molecule has 4 atom stereocenters. The highest BCUT2D eigenvalue weighted by Gasteiger charge is 2.44. The van der Waals surface area contributed by atoms with Gasteiger partial charge in [-0.25, -0.2) is 9.48 Å². The first-order valence-electron chi connectivity index (χ1n) is 11.8. The number of rotatable bonds is 11. The molecule has 0 aliphatic carbocycles. The summed E-state index contributed by atoms with van der Waals surface area (Å²) in [6.45, 7) is 12.7. The van der Waals surface area contributed by atoms with Gasteiger partial charge in [-0.15, -0.1) is 0 Å². The molecule has 1 aromatic carbocycles. The molecule has 182 valence electrons. The predicted molar refractivity (Wildman–Crippen MR) is 130 cm³/mol. The van der Waals surface area contributed by atoms with E-state index in [2.05, 4.69) is 50.7 Å². The zero-order chi connectivity index (χ0) is 24.0. The van der Waals surface area contributed by atoms with Gasteiger partial charge in [0.25, 0.3) is 0 Å². The third-order valence-electron chi connectivity index (χ3n) is 6.12. The lowest BCUT2D eigenvalue weighted by Crippen LogP contribution is -2.27. The van der Waals surface area contributed by atoms with Gasteiger partial charge in [0.05, 0.1) is 31.6 Å². The van der Waals surface area contributed by atoms with Crippen molar-refractivity contribution in [3.05, 3.63) is 53.3 Å². The Balaban J connectivity index is 1.82. The van der Waals surface area contributed by atoms with Gasteiger partial charge in [0.15, 0.2) is 5.69 Å². The van der Waals surface area contributed by atoms with Gasteiger partial charge in [-0.1, -0.05) is 63.8 Å². The molecule has 1 fully saturated rings. The quantitative estimate of drug-likeness (QED) is 0.258. The van der Waals surface area contributed by atoms with Crippen molar-refractivity contribution in [1.82, 2.24) is 9.78 Å². The molecule has 0 spiro atoms. The monoisotopic (exact) mass is 474 g/mol. The molecule has 2 aromatic rings. The van der Waals surface area contributed by atoms with Crippen LogP contribution in [-0.2, 0) is 32.3 Å². The van der Waals surface area contributed by atoms with Gasteiger partial charge >= 0.3 is 5.97 Å². The second kappa shape index (κ2) is 11.4. The van der Waals surface area contributed by atoms with Crippen molar-refractivity contribution < 1.29 is 23.7 Å². The highest BCUT2D eigenvalue weighted by Crippen LogP contribution is 2.41. The van der Waals surface area contributed by atoms with E-state index in [1.165, 1.54) is 7.11 Å². The van der Waals surface area contributed by atoms with Gasteiger partial charge in [-0.2, -0.15) is 5.10 Å². The standard InChI is InChI=1S/C25H38N2O5Si/c1-7-22-18(2)23(31-16-19-11-9-8-10-12-19)24(32-22)21-15-20(25(28)29-3)26-27(21)17-30-13-14-33(4,5)6/h8-12,15,18,22-24H,7,13-14,16-17H2,1-6H3/t18-,22-,23-,24+/m1/s1. The Hall–Kier alpha value is -2.00. The van der Waals surface area contributed by atoms with Gasteiger partial charge in [0.2, 0.25) is 0 Å². The van der Waals surface area contributed by atoms with Crippen LogP contribution in [0.5, 0.6) is 0 Å². The van der Waals surface area contributed by atoms with Crippen molar-refractivity contribution >= 4 is 14.0 Å². The first kappa shape index (κ1) is 25.6. The minimum atomic E-state index is -1.20. The van der Waals surface area contributed by atoms with E-state index in [0.717, 1.165) is 23.7 Å². The lowest BCUT2D eigenvalue weighted by molar-refractivity contribution is -0.0407. The number of ether oxygens (including phenoxy) is 4. The third kappa shape index (κ3) is 6.76. The summed E-state index contributed by atoms with van der Waals surface area (Å²) in [4.78, 5) is 12.2. The fourth-order valence-corrected chi connectivity index (χ4v) is 4.84. The van der Waals surface area contributed by atoms with E-state index in [9.17, 15) is 4.79 Å². The molecule has 8 heteroatoms. The summed E-state index contributed by atoms with van der Waals surface area (Å²) in [5, 5.41) is 4.48. The zero-order valence-electron chi connectivity index (χ0n) is 20.7. The number of hydrogen-bond acceptors (Lipinski definition) is 6. The van der Waals surface area contributed by atoms with E-state index in [1.54, 1.807) is 10.7 Å². The highest BCUT2D eigenvalue weighted by atomic mass is 28.3. The largest absolute Gasteiger partial charge is 0.464 e. The Labute approximate surface area is 198 Å². The topological polar surface area (TPSA) is 71.8 Å². The van der Waals surface area contributed by atoms with E-state index < -0.39 is 14.0 Å². The number of aromatic nitrogens is 2. The van der Waals surface area contributed by atoms with Gasteiger partial charge < -0.3 is 18.9 Å². The Bertz CT molecular complexity index is 896. The number of nitrogens with zero attached hydrogens (tertiary/aromatic N) is 2. The van der Waals surface area contributed by atoms with E-state index in [-0.39, 0.29) is 36.7 Å². The first-order valence-corrected chi connectivity index (χ1v) is 15.5. The van der Waals surface area contributed by atoms with Crippen molar-refractivity contribution in [3.63, 3.8) is 0 Å². The molecule has 7 nitrogen and oxygen atoms in total. The van der Waals surface area contributed by atoms with E-state index in [0.29, 0.717) is 13.2 Å². The van der Waals surface area contributed by atoms with Crippen LogP contribution in [0.3, 0.4) is 0 Å². The third-order valence-corrected chi connectivity index (χ3v) is 7.82. The molecular weight excluding hydrogens is 436 g/mol. The van der Waals surface area contributed by atoms with Crippen LogP contribution >= 0.6 is 0 Å². The van der Waals surface area contributed by atoms with Crippen LogP contribution in [0.4, 0.5) is 0 Å². The lowest BCUT2D eigenvalue weighted by atomic mass is 9.95. The molecule has 1 aliphatic rings. The Kier molecular flexibility index (Phi) is 8.86. The highest BCUT2D eigenvalue weighted by molar-refractivity contribution is 6.76. The number of methoxy groups -OCH3 is 1. The predicted octanol–water partition coefficient (Wildman–Crippen LogP) is 5.05. The van der Waals surface area contributed by atoms with Crippen molar-refractivity contribution in [1.29, 1.82) is 0 Å². The molecule has 0 amide bonds. The minimum absolute atomic E-state index is 0.0634. The summed E-state index contributed by atoms with van der Waals surface area (Å²) in [7, 11) is 0.156. The maximum Gasteiger partial charge on any atom is 0.358 e. The number of hydrogen-bond donors (Lipinski definition) is 0. The van der Waals surface area contributed by atoms with Gasteiger partial charge in [-0.3, -0.25) is 0 Å². The summed E-state index contributed by atoms with van der Waals surface area (Å²) in [6.07, 6.45) is 0.430. The summed E-state index contributed by atoms with van der Waals surface area (Å²) in [6, 6.07) is 12.9. The maximum atomic E-state index is 12.2. The molecule has 0 saturated carbocycles. The zero-order valence-corrected chi connectivity index (χ0v) is 21.7. The molecule has 33 heavy (non-hydrogen) atoms. The average Bonchev–Trinajstić information content (AvgIpc) is 3.35. The summed E-state index contributed by atoms with van der Waals surface area (Å²) < 4.78 is 25.4. The second-order valence-electron chi connectivity index (χ2n) is 9.92. The Morgan fingerprint density at radius 2 is 1.94 bits per heavy atom. The summed E-state index contributed by atoms with van der Waals surface area (Å²) in [5.41, 5.74) is 2.14. The van der Waals surface area contributed by atoms with Crippen LogP contribution in [0.2, 0.25) is 25.7 Å². The first-order chi connectivity index (χ1) is 15.7. The molecule has 1 saturated heterocycles. The van der Waals surface area contributed by atoms with Crippen LogP contribution in [0.15, 0.2) is 36.4 Å². The fraction of sp³-hybridized carbons (Fsp3) is 0.600.